The Balaban J connectivity index is 1.34. The molecule has 1 unspecified atom stereocenters. The summed E-state index contributed by atoms with van der Waals surface area (Å²) >= 11 is 0. The molecule has 1 amide bonds. The lowest BCUT2D eigenvalue weighted by Gasteiger charge is -2.19. The first kappa shape index (κ1) is 24.0. The molecule has 0 spiro atoms. The van der Waals surface area contributed by atoms with E-state index in [4.69, 9.17) is 4.99 Å². The van der Waals surface area contributed by atoms with Crippen molar-refractivity contribution < 1.29 is 9.59 Å². The molecule has 4 heteroatoms. The summed E-state index contributed by atoms with van der Waals surface area (Å²) in [5.41, 5.74) is 4.30. The number of rotatable bonds is 4. The Morgan fingerprint density at radius 1 is 0.829 bits per heavy atom. The van der Waals surface area contributed by atoms with Gasteiger partial charge in [-0.1, -0.05) is 81.0 Å². The van der Waals surface area contributed by atoms with Gasteiger partial charge < -0.3 is 5.32 Å². The average Bonchev–Trinajstić information content (AvgIpc) is 3.70. The number of amidine groups is 1. The zero-order valence-corrected chi connectivity index (χ0v) is 20.8. The predicted octanol–water partition coefficient (Wildman–Crippen LogP) is 6.83. The Labute approximate surface area is 209 Å². The number of ketones is 1. The van der Waals surface area contributed by atoms with Crippen LogP contribution in [0, 0.1) is 17.8 Å². The van der Waals surface area contributed by atoms with E-state index in [1.807, 2.05) is 12.1 Å². The number of hydrogen-bond donors (Lipinski definition) is 1. The van der Waals surface area contributed by atoms with E-state index in [-0.39, 0.29) is 17.7 Å². The second kappa shape index (κ2) is 11.3. The van der Waals surface area contributed by atoms with Crippen LogP contribution in [0.3, 0.4) is 0 Å². The number of allylic oxidation sites excluding steroid dienone is 5. The maximum atomic E-state index is 13.3. The Bertz CT molecular complexity index is 1050. The number of carbonyl (C=O) groups excluding carboxylic acids is 2. The highest BCUT2D eigenvalue weighted by Crippen LogP contribution is 2.34. The number of amides is 1. The monoisotopic (exact) mass is 470 g/mol. The van der Waals surface area contributed by atoms with Crippen molar-refractivity contribution >= 4 is 23.1 Å². The van der Waals surface area contributed by atoms with E-state index in [0.717, 1.165) is 61.8 Å². The minimum atomic E-state index is 0.0998. The molecule has 3 aliphatic carbocycles. The number of Topliss-reactive ketones (excluding diaryl/α,β-unsaturated/α-hetero) is 1. The van der Waals surface area contributed by atoms with Crippen LogP contribution in [-0.4, -0.2) is 24.1 Å². The highest BCUT2D eigenvalue weighted by atomic mass is 16.2. The van der Waals surface area contributed by atoms with Gasteiger partial charge in [0.15, 0.2) is 5.78 Å². The van der Waals surface area contributed by atoms with Crippen molar-refractivity contribution in [2.45, 2.75) is 77.0 Å². The molecule has 2 bridgehead atoms. The Hall–Kier alpha value is -2.75. The standard InChI is InChI=1S/C31H38N2O2/c34-30(24-9-5-3-1-2-4-6-10-24)25-14-12-23(13-15-25)28-11-7-8-22-18-19-32-29(21-27(28)20-22)33-31(35)26-16-17-26/h7-8,11-15,21-22,24,26H,1-6,9-10,16-20H2,(H,32,33,35). The van der Waals surface area contributed by atoms with Crippen LogP contribution in [0.1, 0.15) is 93.0 Å². The summed E-state index contributed by atoms with van der Waals surface area (Å²) in [6, 6.07) is 8.23. The van der Waals surface area contributed by atoms with Crippen LogP contribution in [0.4, 0.5) is 0 Å². The maximum absolute atomic E-state index is 13.3. The topological polar surface area (TPSA) is 58.5 Å². The Morgan fingerprint density at radius 3 is 2.26 bits per heavy atom. The molecule has 5 rings (SSSR count). The number of carbonyl (C=O) groups is 2. The van der Waals surface area contributed by atoms with Crippen LogP contribution in [0.25, 0.3) is 5.57 Å². The highest BCUT2D eigenvalue weighted by molar-refractivity contribution is 6.07. The van der Waals surface area contributed by atoms with Gasteiger partial charge in [0.2, 0.25) is 5.91 Å². The van der Waals surface area contributed by atoms with Crippen molar-refractivity contribution in [2.24, 2.45) is 22.7 Å². The quantitative estimate of drug-likeness (QED) is 0.490. The molecule has 4 nitrogen and oxygen atoms in total. The largest absolute Gasteiger partial charge is 0.311 e. The summed E-state index contributed by atoms with van der Waals surface area (Å²) in [5, 5.41) is 3.06. The normalized spacial score (nSPS) is 23.8. The van der Waals surface area contributed by atoms with E-state index in [1.165, 1.54) is 44.1 Å². The zero-order chi connectivity index (χ0) is 24.0. The van der Waals surface area contributed by atoms with Crippen molar-refractivity contribution in [1.29, 1.82) is 0 Å². The third kappa shape index (κ3) is 6.28. The van der Waals surface area contributed by atoms with Gasteiger partial charge in [-0.25, -0.2) is 0 Å². The van der Waals surface area contributed by atoms with Crippen LogP contribution < -0.4 is 5.32 Å². The number of nitrogens with one attached hydrogen (secondary N) is 1. The first-order valence-corrected chi connectivity index (χ1v) is 13.8. The molecule has 0 aromatic heterocycles. The van der Waals surface area contributed by atoms with Gasteiger partial charge in [-0.3, -0.25) is 14.6 Å². The molecule has 184 valence electrons. The van der Waals surface area contributed by atoms with E-state index in [9.17, 15) is 9.59 Å². The third-order valence-corrected chi connectivity index (χ3v) is 7.97. The molecule has 1 N–H and O–H groups in total. The molecule has 1 atom stereocenters. The fraction of sp³-hybridized carbons (Fsp3) is 0.516. The van der Waals surface area contributed by atoms with Crippen molar-refractivity contribution in [3.8, 4) is 0 Å². The smallest absolute Gasteiger partial charge is 0.228 e. The number of nitrogens with zero attached hydrogens (tertiary/aromatic N) is 1. The second-order valence-electron chi connectivity index (χ2n) is 10.8. The molecule has 1 aliphatic heterocycles. The molecule has 0 radical (unpaired) electrons. The molecule has 1 aromatic rings. The van der Waals surface area contributed by atoms with Gasteiger partial charge in [0.1, 0.15) is 5.84 Å². The molecule has 35 heavy (non-hydrogen) atoms. The predicted molar refractivity (Wildman–Crippen MR) is 142 cm³/mol. The molecule has 0 saturated heterocycles. The van der Waals surface area contributed by atoms with Gasteiger partial charge in [-0.15, -0.1) is 0 Å². The summed E-state index contributed by atoms with van der Waals surface area (Å²) in [7, 11) is 0. The average molecular weight is 471 g/mol. The lowest BCUT2D eigenvalue weighted by atomic mass is 9.87. The highest BCUT2D eigenvalue weighted by Gasteiger charge is 2.30. The summed E-state index contributed by atoms with van der Waals surface area (Å²) in [5.74, 6) is 1.88. The lowest BCUT2D eigenvalue weighted by Crippen LogP contribution is -2.31. The van der Waals surface area contributed by atoms with Gasteiger partial charge in [0.25, 0.3) is 0 Å². The van der Waals surface area contributed by atoms with E-state index < -0.39 is 0 Å². The van der Waals surface area contributed by atoms with Crippen LogP contribution in [0.5, 0.6) is 0 Å². The van der Waals surface area contributed by atoms with Crippen LogP contribution in [-0.2, 0) is 4.79 Å². The summed E-state index contributed by atoms with van der Waals surface area (Å²) in [6.07, 6.45) is 22.1. The van der Waals surface area contributed by atoms with Crippen molar-refractivity contribution in [3.63, 3.8) is 0 Å². The molecule has 1 aromatic carbocycles. The van der Waals surface area contributed by atoms with Crippen LogP contribution in [0.2, 0.25) is 0 Å². The summed E-state index contributed by atoms with van der Waals surface area (Å²) in [4.78, 5) is 30.4. The fourth-order valence-corrected chi connectivity index (χ4v) is 5.65. The Morgan fingerprint density at radius 2 is 1.54 bits per heavy atom. The van der Waals surface area contributed by atoms with Gasteiger partial charge in [0, 0.05) is 23.9 Å². The zero-order valence-electron chi connectivity index (χ0n) is 20.8. The van der Waals surface area contributed by atoms with E-state index in [1.54, 1.807) is 0 Å². The van der Waals surface area contributed by atoms with E-state index in [0.29, 0.717) is 17.5 Å². The maximum Gasteiger partial charge on any atom is 0.228 e. The number of aliphatic imine (C=N–C) groups is 1. The number of hydrogen-bond acceptors (Lipinski definition) is 3. The number of fused-ring (bicyclic) bond motifs is 2. The minimum absolute atomic E-state index is 0.0998. The third-order valence-electron chi connectivity index (χ3n) is 7.97. The molecule has 2 saturated carbocycles. The van der Waals surface area contributed by atoms with Gasteiger partial charge in [-0.05, 0) is 67.2 Å². The second-order valence-corrected chi connectivity index (χ2v) is 10.8. The molecular weight excluding hydrogens is 432 g/mol. The first-order valence-electron chi connectivity index (χ1n) is 13.8. The van der Waals surface area contributed by atoms with Gasteiger partial charge >= 0.3 is 0 Å². The molecular formula is C31H38N2O2. The minimum Gasteiger partial charge on any atom is -0.311 e. The van der Waals surface area contributed by atoms with E-state index in [2.05, 4.69) is 41.8 Å². The van der Waals surface area contributed by atoms with Crippen molar-refractivity contribution in [2.75, 3.05) is 6.54 Å². The molecule has 4 aliphatic rings. The molecule has 1 heterocycles. The molecule has 2 fully saturated rings. The van der Waals surface area contributed by atoms with Crippen molar-refractivity contribution in [1.82, 2.24) is 5.32 Å². The number of benzene rings is 1. The van der Waals surface area contributed by atoms with Crippen molar-refractivity contribution in [3.05, 3.63) is 65.3 Å². The summed E-state index contributed by atoms with van der Waals surface area (Å²) < 4.78 is 0. The first-order chi connectivity index (χ1) is 17.2. The Kier molecular flexibility index (Phi) is 7.75. The van der Waals surface area contributed by atoms with Crippen LogP contribution in [0.15, 0.2) is 59.1 Å². The lowest BCUT2D eigenvalue weighted by molar-refractivity contribution is -0.120. The van der Waals surface area contributed by atoms with Crippen LogP contribution >= 0.6 is 0 Å². The SMILES string of the molecule is O=C(NC1=NCCC2C=CC=C(c3ccc(C(=O)C4CCCCCCCC4)cc3)C(=C1)C2)C1CC1. The van der Waals surface area contributed by atoms with E-state index >= 15 is 0 Å². The van der Waals surface area contributed by atoms with Gasteiger partial charge in [-0.2, -0.15) is 0 Å². The summed E-state index contributed by atoms with van der Waals surface area (Å²) in [6.45, 7) is 0.729. The van der Waals surface area contributed by atoms with Gasteiger partial charge in [0.05, 0.1) is 0 Å². The fourth-order valence-electron chi connectivity index (χ4n) is 5.65.